The van der Waals surface area contributed by atoms with Gasteiger partial charge in [0.25, 0.3) is 0 Å². The summed E-state index contributed by atoms with van der Waals surface area (Å²) in [7, 11) is 1.42. The number of aryl methyl sites for hydroxylation is 1. The summed E-state index contributed by atoms with van der Waals surface area (Å²) in [4.78, 5) is 13.4. The van der Waals surface area contributed by atoms with Gasteiger partial charge in [-0.15, -0.1) is 0 Å². The van der Waals surface area contributed by atoms with Gasteiger partial charge in [-0.05, 0) is 25.1 Å². The fourth-order valence-corrected chi connectivity index (χ4v) is 2.39. The van der Waals surface area contributed by atoms with Crippen LogP contribution < -0.4 is 4.74 Å². The van der Waals surface area contributed by atoms with Gasteiger partial charge in [0.2, 0.25) is 0 Å². The molecule has 0 aliphatic carbocycles. The summed E-state index contributed by atoms with van der Waals surface area (Å²) >= 11 is 0. The molecule has 4 nitrogen and oxygen atoms in total. The van der Waals surface area contributed by atoms with E-state index in [0.717, 1.165) is 25.3 Å². The fourth-order valence-electron chi connectivity index (χ4n) is 2.39. The van der Waals surface area contributed by atoms with E-state index in [2.05, 4.69) is 24.0 Å². The van der Waals surface area contributed by atoms with Crippen LogP contribution >= 0.6 is 0 Å². The Morgan fingerprint density at radius 1 is 1.53 bits per heavy atom. The summed E-state index contributed by atoms with van der Waals surface area (Å²) in [5.74, 6) is 0.776. The largest absolute Gasteiger partial charge is 0.488 e. The molecule has 0 saturated carbocycles. The molecule has 0 amide bonds. The van der Waals surface area contributed by atoms with E-state index in [-0.39, 0.29) is 12.1 Å². The number of carbonyl (C=O) groups excluding carboxylic acids is 1. The van der Waals surface area contributed by atoms with Gasteiger partial charge in [-0.1, -0.05) is 24.6 Å². The number of nitrogens with zero attached hydrogens (tertiary/aromatic N) is 1. The minimum absolute atomic E-state index is 0.126. The zero-order chi connectivity index (χ0) is 13.8. The van der Waals surface area contributed by atoms with E-state index in [4.69, 9.17) is 9.47 Å². The summed E-state index contributed by atoms with van der Waals surface area (Å²) in [6.45, 7) is 6.00. The maximum Gasteiger partial charge on any atom is 0.319 e. The lowest BCUT2D eigenvalue weighted by Gasteiger charge is -2.22. The molecule has 0 spiro atoms. The second-order valence-electron chi connectivity index (χ2n) is 4.96. The number of fused-ring (bicyclic) bond motifs is 1. The molecule has 1 aliphatic rings. The number of esters is 1. The van der Waals surface area contributed by atoms with Gasteiger partial charge < -0.3 is 9.47 Å². The third-order valence-electron chi connectivity index (χ3n) is 3.45. The van der Waals surface area contributed by atoms with Crippen molar-refractivity contribution in [2.24, 2.45) is 0 Å². The molecule has 19 heavy (non-hydrogen) atoms. The van der Waals surface area contributed by atoms with Crippen LogP contribution in [0, 0.1) is 6.92 Å². The van der Waals surface area contributed by atoms with Crippen molar-refractivity contribution in [2.75, 3.05) is 26.7 Å². The molecule has 1 unspecified atom stereocenters. The van der Waals surface area contributed by atoms with Gasteiger partial charge in [0, 0.05) is 13.0 Å². The van der Waals surface area contributed by atoms with Crippen molar-refractivity contribution in [3.05, 3.63) is 29.3 Å². The molecule has 2 rings (SSSR count). The third kappa shape index (κ3) is 3.47. The van der Waals surface area contributed by atoms with Gasteiger partial charge in [0.15, 0.2) is 0 Å². The standard InChI is InChI=1S/C15H21NO3/c1-4-16(10-15(17)18-3)9-13-8-12-7-11(2)5-6-14(12)19-13/h5-7,13H,4,8-10H2,1-3H3. The summed E-state index contributed by atoms with van der Waals surface area (Å²) < 4.78 is 10.6. The van der Waals surface area contributed by atoms with E-state index < -0.39 is 0 Å². The molecule has 0 N–H and O–H groups in total. The summed E-state index contributed by atoms with van der Waals surface area (Å²) in [5, 5.41) is 0. The first-order valence-electron chi connectivity index (χ1n) is 6.67. The third-order valence-corrected chi connectivity index (χ3v) is 3.45. The van der Waals surface area contributed by atoms with E-state index in [9.17, 15) is 4.79 Å². The van der Waals surface area contributed by atoms with Crippen LogP contribution in [0.5, 0.6) is 5.75 Å². The Hall–Kier alpha value is -1.55. The molecule has 0 fully saturated rings. The highest BCUT2D eigenvalue weighted by Crippen LogP contribution is 2.29. The molecule has 1 heterocycles. The van der Waals surface area contributed by atoms with Crippen molar-refractivity contribution in [3.8, 4) is 5.75 Å². The molecule has 104 valence electrons. The van der Waals surface area contributed by atoms with Crippen LogP contribution in [0.25, 0.3) is 0 Å². The van der Waals surface area contributed by atoms with E-state index >= 15 is 0 Å². The van der Waals surface area contributed by atoms with Gasteiger partial charge in [-0.2, -0.15) is 0 Å². The maximum atomic E-state index is 11.3. The first-order chi connectivity index (χ1) is 9.12. The van der Waals surface area contributed by atoms with Crippen LogP contribution in [-0.2, 0) is 16.0 Å². The van der Waals surface area contributed by atoms with Crippen molar-refractivity contribution in [1.82, 2.24) is 4.90 Å². The Bertz CT molecular complexity index is 459. The Morgan fingerprint density at radius 3 is 3.00 bits per heavy atom. The lowest BCUT2D eigenvalue weighted by atomic mass is 10.1. The number of methoxy groups -OCH3 is 1. The molecular formula is C15H21NO3. The molecule has 0 radical (unpaired) electrons. The lowest BCUT2D eigenvalue weighted by Crippen LogP contribution is -2.38. The monoisotopic (exact) mass is 263 g/mol. The van der Waals surface area contributed by atoms with Gasteiger partial charge in [-0.3, -0.25) is 9.69 Å². The number of rotatable bonds is 5. The van der Waals surface area contributed by atoms with E-state index in [0.29, 0.717) is 6.54 Å². The van der Waals surface area contributed by atoms with Crippen LogP contribution in [0.2, 0.25) is 0 Å². The first-order valence-corrected chi connectivity index (χ1v) is 6.67. The second kappa shape index (κ2) is 6.06. The van der Waals surface area contributed by atoms with Crippen molar-refractivity contribution < 1.29 is 14.3 Å². The highest BCUT2D eigenvalue weighted by molar-refractivity contribution is 5.71. The average Bonchev–Trinajstić information content (AvgIpc) is 2.79. The summed E-state index contributed by atoms with van der Waals surface area (Å²) in [6, 6.07) is 6.26. The minimum atomic E-state index is -0.201. The predicted octanol–water partition coefficient (Wildman–Crippen LogP) is 1.79. The number of likely N-dealkylation sites (N-methyl/N-ethyl adjacent to an activating group) is 1. The molecular weight excluding hydrogens is 242 g/mol. The number of benzene rings is 1. The zero-order valence-corrected chi connectivity index (χ0v) is 11.8. The van der Waals surface area contributed by atoms with Gasteiger partial charge >= 0.3 is 5.97 Å². The van der Waals surface area contributed by atoms with Crippen LogP contribution in [0.3, 0.4) is 0 Å². The topological polar surface area (TPSA) is 38.8 Å². The smallest absolute Gasteiger partial charge is 0.319 e. The number of ether oxygens (including phenoxy) is 2. The second-order valence-corrected chi connectivity index (χ2v) is 4.96. The van der Waals surface area contributed by atoms with Crippen molar-refractivity contribution in [3.63, 3.8) is 0 Å². The molecule has 1 aromatic carbocycles. The van der Waals surface area contributed by atoms with Crippen LogP contribution in [0.4, 0.5) is 0 Å². The Labute approximate surface area is 114 Å². The SMILES string of the molecule is CCN(CC(=O)OC)CC1Cc2cc(C)ccc2O1. The zero-order valence-electron chi connectivity index (χ0n) is 11.8. The number of hydrogen-bond donors (Lipinski definition) is 0. The molecule has 1 aromatic rings. The molecule has 0 bridgehead atoms. The molecule has 0 saturated heterocycles. The average molecular weight is 263 g/mol. The normalized spacial score (nSPS) is 17.2. The Balaban J connectivity index is 1.93. The van der Waals surface area contributed by atoms with Crippen molar-refractivity contribution in [1.29, 1.82) is 0 Å². The fraction of sp³-hybridized carbons (Fsp3) is 0.533. The maximum absolute atomic E-state index is 11.3. The van der Waals surface area contributed by atoms with Crippen molar-refractivity contribution >= 4 is 5.97 Å². The van der Waals surface area contributed by atoms with E-state index in [1.54, 1.807) is 0 Å². The number of carbonyl (C=O) groups is 1. The highest BCUT2D eigenvalue weighted by Gasteiger charge is 2.25. The highest BCUT2D eigenvalue weighted by atomic mass is 16.5. The van der Waals surface area contributed by atoms with Crippen molar-refractivity contribution in [2.45, 2.75) is 26.4 Å². The van der Waals surface area contributed by atoms with Gasteiger partial charge in [0.1, 0.15) is 11.9 Å². The Morgan fingerprint density at radius 2 is 2.32 bits per heavy atom. The Kier molecular flexibility index (Phi) is 4.43. The summed E-state index contributed by atoms with van der Waals surface area (Å²) in [6.07, 6.45) is 1.04. The predicted molar refractivity (Wildman–Crippen MR) is 73.4 cm³/mol. The molecule has 1 atom stereocenters. The number of hydrogen-bond acceptors (Lipinski definition) is 4. The molecule has 1 aliphatic heterocycles. The quantitative estimate of drug-likeness (QED) is 0.759. The van der Waals surface area contributed by atoms with Gasteiger partial charge in [0.05, 0.1) is 13.7 Å². The van der Waals surface area contributed by atoms with Crippen LogP contribution in [0.15, 0.2) is 18.2 Å². The molecule has 4 heteroatoms. The minimum Gasteiger partial charge on any atom is -0.488 e. The summed E-state index contributed by atoms with van der Waals surface area (Å²) in [5.41, 5.74) is 2.52. The lowest BCUT2D eigenvalue weighted by molar-refractivity contribution is -0.142. The van der Waals surface area contributed by atoms with E-state index in [1.165, 1.54) is 18.2 Å². The van der Waals surface area contributed by atoms with Gasteiger partial charge in [-0.25, -0.2) is 0 Å². The van der Waals surface area contributed by atoms with Crippen LogP contribution in [-0.4, -0.2) is 43.7 Å². The van der Waals surface area contributed by atoms with Crippen LogP contribution in [0.1, 0.15) is 18.1 Å². The molecule has 0 aromatic heterocycles. The van der Waals surface area contributed by atoms with E-state index in [1.807, 2.05) is 13.0 Å². The first kappa shape index (κ1) is 13.9.